The van der Waals surface area contributed by atoms with E-state index in [1.807, 2.05) is 25.4 Å². The molecule has 1 fully saturated rings. The molecule has 1 aliphatic heterocycles. The Morgan fingerprint density at radius 3 is 3.20 bits per heavy atom. The molecule has 4 rings (SSSR count). The highest BCUT2D eigenvalue weighted by Crippen LogP contribution is 2.21. The number of nitrogens with one attached hydrogen (secondary N) is 2. The average molecular weight is 359 g/mol. The number of amides is 1. The fraction of sp³-hybridized carbons (Fsp3) is 0.500. The lowest BCUT2D eigenvalue weighted by molar-refractivity contribution is -0.122. The first-order valence-corrected chi connectivity index (χ1v) is 9.31. The van der Waals surface area contributed by atoms with Crippen LogP contribution in [0.5, 0.6) is 0 Å². The SMILES string of the molecule is Cc1nn2cc(CNC(=O)Cn3ccc([C@@H]4CCCNC4)n3)nc2s1. The molecule has 25 heavy (non-hydrogen) atoms. The molecule has 1 saturated heterocycles. The Hall–Kier alpha value is -2.26. The van der Waals surface area contributed by atoms with Crippen LogP contribution in [0.3, 0.4) is 0 Å². The topological polar surface area (TPSA) is 89.1 Å². The molecule has 1 aliphatic rings. The number of carbonyl (C=O) groups excluding carboxylic acids is 1. The monoisotopic (exact) mass is 359 g/mol. The number of aromatic nitrogens is 5. The van der Waals surface area contributed by atoms with Gasteiger partial charge < -0.3 is 10.6 Å². The Bertz CT molecular complexity index is 843. The van der Waals surface area contributed by atoms with E-state index in [4.69, 9.17) is 0 Å². The quantitative estimate of drug-likeness (QED) is 0.712. The molecule has 9 heteroatoms. The van der Waals surface area contributed by atoms with Gasteiger partial charge in [-0.2, -0.15) is 10.2 Å². The summed E-state index contributed by atoms with van der Waals surface area (Å²) in [5.41, 5.74) is 1.87. The van der Waals surface area contributed by atoms with Crippen molar-refractivity contribution in [3.63, 3.8) is 0 Å². The Balaban J connectivity index is 1.31. The van der Waals surface area contributed by atoms with Gasteiger partial charge in [-0.3, -0.25) is 9.48 Å². The van der Waals surface area contributed by atoms with Gasteiger partial charge in [-0.15, -0.1) is 0 Å². The number of piperidine rings is 1. The predicted octanol–water partition coefficient (Wildman–Crippen LogP) is 1.08. The van der Waals surface area contributed by atoms with E-state index >= 15 is 0 Å². The standard InChI is InChI=1S/C16H21N7OS/c1-11-20-23-9-13(19-16(23)25-11)8-18-15(24)10-22-6-4-14(21-22)12-3-2-5-17-7-12/h4,6,9,12,17H,2-3,5,7-8,10H2,1H3,(H,18,24)/t12-/m1/s1. The summed E-state index contributed by atoms with van der Waals surface area (Å²) in [6, 6.07) is 2.02. The van der Waals surface area contributed by atoms with E-state index < -0.39 is 0 Å². The van der Waals surface area contributed by atoms with Gasteiger partial charge in [0.25, 0.3) is 0 Å². The summed E-state index contributed by atoms with van der Waals surface area (Å²) in [5.74, 6) is 0.379. The maximum atomic E-state index is 12.1. The second kappa shape index (κ2) is 6.93. The zero-order valence-corrected chi connectivity index (χ0v) is 14.9. The van der Waals surface area contributed by atoms with Crippen LogP contribution in [0, 0.1) is 6.92 Å². The molecule has 3 aromatic heterocycles. The van der Waals surface area contributed by atoms with Crippen LogP contribution in [-0.4, -0.2) is 43.4 Å². The van der Waals surface area contributed by atoms with Crippen LogP contribution in [0.1, 0.15) is 35.2 Å². The van der Waals surface area contributed by atoms with Crippen molar-refractivity contribution in [3.05, 3.63) is 34.9 Å². The molecule has 0 aliphatic carbocycles. The smallest absolute Gasteiger partial charge is 0.242 e. The zero-order chi connectivity index (χ0) is 17.2. The first-order chi connectivity index (χ1) is 12.2. The molecule has 0 bridgehead atoms. The minimum absolute atomic E-state index is 0.0723. The van der Waals surface area contributed by atoms with Crippen molar-refractivity contribution < 1.29 is 4.79 Å². The zero-order valence-electron chi connectivity index (χ0n) is 14.1. The first-order valence-electron chi connectivity index (χ1n) is 8.50. The van der Waals surface area contributed by atoms with Gasteiger partial charge in [0.2, 0.25) is 10.9 Å². The van der Waals surface area contributed by atoms with Gasteiger partial charge in [0, 0.05) is 18.7 Å². The van der Waals surface area contributed by atoms with E-state index in [2.05, 4.69) is 25.8 Å². The number of fused-ring (bicyclic) bond motifs is 1. The van der Waals surface area contributed by atoms with E-state index in [9.17, 15) is 4.79 Å². The van der Waals surface area contributed by atoms with Gasteiger partial charge in [-0.25, -0.2) is 9.50 Å². The Morgan fingerprint density at radius 2 is 2.40 bits per heavy atom. The van der Waals surface area contributed by atoms with Crippen molar-refractivity contribution in [2.45, 2.75) is 38.8 Å². The van der Waals surface area contributed by atoms with E-state index in [0.717, 1.165) is 40.9 Å². The van der Waals surface area contributed by atoms with Gasteiger partial charge in [-0.05, 0) is 32.4 Å². The first kappa shape index (κ1) is 16.2. The lowest BCUT2D eigenvalue weighted by Gasteiger charge is -2.20. The largest absolute Gasteiger partial charge is 0.349 e. The molecule has 4 heterocycles. The normalized spacial score (nSPS) is 17.9. The third-order valence-electron chi connectivity index (χ3n) is 4.34. The third-order valence-corrected chi connectivity index (χ3v) is 5.18. The number of imidazole rings is 1. The lowest BCUT2D eigenvalue weighted by atomic mass is 9.97. The Labute approximate surface area is 149 Å². The van der Waals surface area contributed by atoms with Gasteiger partial charge >= 0.3 is 0 Å². The minimum atomic E-state index is -0.0723. The molecule has 1 amide bonds. The fourth-order valence-electron chi connectivity index (χ4n) is 3.11. The highest BCUT2D eigenvalue weighted by Gasteiger charge is 2.18. The number of nitrogens with zero attached hydrogens (tertiary/aromatic N) is 5. The van der Waals surface area contributed by atoms with Gasteiger partial charge in [0.1, 0.15) is 11.6 Å². The molecule has 0 saturated carbocycles. The van der Waals surface area contributed by atoms with Crippen LogP contribution in [0.15, 0.2) is 18.5 Å². The highest BCUT2D eigenvalue weighted by molar-refractivity contribution is 7.16. The van der Waals surface area contributed by atoms with Crippen molar-refractivity contribution in [3.8, 4) is 0 Å². The Kier molecular flexibility index (Phi) is 4.50. The number of carbonyl (C=O) groups is 1. The van der Waals surface area contributed by atoms with Crippen LogP contribution in [0.2, 0.25) is 0 Å². The molecule has 3 aromatic rings. The van der Waals surface area contributed by atoms with Gasteiger partial charge in [0.15, 0.2) is 0 Å². The fourth-order valence-corrected chi connectivity index (χ4v) is 3.85. The van der Waals surface area contributed by atoms with E-state index in [-0.39, 0.29) is 12.5 Å². The van der Waals surface area contributed by atoms with Crippen molar-refractivity contribution in [2.75, 3.05) is 13.1 Å². The molecule has 2 N–H and O–H groups in total. The lowest BCUT2D eigenvalue weighted by Crippen LogP contribution is -2.29. The number of hydrogen-bond acceptors (Lipinski definition) is 6. The molecular weight excluding hydrogens is 338 g/mol. The molecule has 0 aromatic carbocycles. The molecule has 0 unspecified atom stereocenters. The molecule has 0 radical (unpaired) electrons. The summed E-state index contributed by atoms with van der Waals surface area (Å²) in [7, 11) is 0. The summed E-state index contributed by atoms with van der Waals surface area (Å²) in [6.45, 7) is 4.62. The summed E-state index contributed by atoms with van der Waals surface area (Å²) in [6.07, 6.45) is 6.06. The second-order valence-electron chi connectivity index (χ2n) is 6.34. The molecular formula is C16H21N7OS. The summed E-state index contributed by atoms with van der Waals surface area (Å²) in [4.78, 5) is 17.4. The van der Waals surface area contributed by atoms with Crippen LogP contribution in [0.4, 0.5) is 0 Å². The predicted molar refractivity (Wildman–Crippen MR) is 94.5 cm³/mol. The maximum Gasteiger partial charge on any atom is 0.242 e. The minimum Gasteiger partial charge on any atom is -0.349 e. The number of rotatable bonds is 5. The van der Waals surface area contributed by atoms with Gasteiger partial charge in [0.05, 0.1) is 24.1 Å². The maximum absolute atomic E-state index is 12.1. The van der Waals surface area contributed by atoms with Crippen LogP contribution in [0.25, 0.3) is 4.96 Å². The Morgan fingerprint density at radius 1 is 1.48 bits per heavy atom. The van der Waals surface area contributed by atoms with E-state index in [1.54, 1.807) is 9.20 Å². The van der Waals surface area contributed by atoms with Crippen LogP contribution >= 0.6 is 11.3 Å². The highest BCUT2D eigenvalue weighted by atomic mass is 32.1. The summed E-state index contributed by atoms with van der Waals surface area (Å²) >= 11 is 1.53. The van der Waals surface area contributed by atoms with E-state index in [0.29, 0.717) is 12.5 Å². The number of hydrogen-bond donors (Lipinski definition) is 2. The summed E-state index contributed by atoms with van der Waals surface area (Å²) in [5, 5.41) is 16.1. The second-order valence-corrected chi connectivity index (χ2v) is 7.50. The van der Waals surface area contributed by atoms with Crippen molar-refractivity contribution in [1.82, 2.24) is 35.0 Å². The van der Waals surface area contributed by atoms with Crippen LogP contribution in [-0.2, 0) is 17.9 Å². The van der Waals surface area contributed by atoms with Crippen LogP contribution < -0.4 is 10.6 Å². The number of aryl methyl sites for hydroxylation is 1. The van der Waals surface area contributed by atoms with E-state index in [1.165, 1.54) is 17.8 Å². The summed E-state index contributed by atoms with van der Waals surface area (Å²) < 4.78 is 3.45. The molecule has 8 nitrogen and oxygen atoms in total. The van der Waals surface area contributed by atoms with Gasteiger partial charge in [-0.1, -0.05) is 11.3 Å². The van der Waals surface area contributed by atoms with Crippen molar-refractivity contribution in [2.24, 2.45) is 0 Å². The average Bonchev–Trinajstić information content (AvgIpc) is 3.28. The van der Waals surface area contributed by atoms with Crippen molar-refractivity contribution in [1.29, 1.82) is 0 Å². The van der Waals surface area contributed by atoms with Crippen molar-refractivity contribution >= 4 is 22.2 Å². The third kappa shape index (κ3) is 3.72. The molecule has 0 spiro atoms. The molecule has 132 valence electrons. The molecule has 1 atom stereocenters.